The zero-order valence-electron chi connectivity index (χ0n) is 27.7. The third kappa shape index (κ3) is 4.40. The quantitative estimate of drug-likeness (QED) is 0.213. The number of carbonyl (C=O) groups is 5. The fraction of sp³-hybridized carbons (Fsp3) is 0.441. The fourth-order valence-corrected chi connectivity index (χ4v) is 7.85. The summed E-state index contributed by atoms with van der Waals surface area (Å²) in [6.45, 7) is 3.06. The Kier molecular flexibility index (Phi) is 8.50. The molecule has 0 radical (unpaired) electrons. The largest absolute Gasteiger partial charge is 0.507 e. The van der Waals surface area contributed by atoms with Gasteiger partial charge >= 0.3 is 5.97 Å². The van der Waals surface area contributed by atoms with Crippen molar-refractivity contribution in [2.75, 3.05) is 28.4 Å². The molecule has 6 N–H and O–H groups in total. The van der Waals surface area contributed by atoms with Crippen LogP contribution >= 0.6 is 0 Å². The summed E-state index contributed by atoms with van der Waals surface area (Å²) in [6.07, 6.45) is -6.55. The van der Waals surface area contributed by atoms with Crippen LogP contribution in [0.25, 0.3) is 0 Å². The van der Waals surface area contributed by atoms with E-state index < -0.39 is 128 Å². The van der Waals surface area contributed by atoms with Crippen molar-refractivity contribution in [3.63, 3.8) is 0 Å². The smallest absolute Gasteiger partial charge is 0.341 e. The molecule has 16 nitrogen and oxygen atoms in total. The van der Waals surface area contributed by atoms with Crippen molar-refractivity contribution in [1.82, 2.24) is 5.32 Å². The molecule has 1 fully saturated rings. The van der Waals surface area contributed by atoms with Gasteiger partial charge in [-0.15, -0.1) is 0 Å². The van der Waals surface area contributed by atoms with Gasteiger partial charge in [-0.05, 0) is 31.0 Å². The zero-order chi connectivity index (χ0) is 36.8. The highest BCUT2D eigenvalue weighted by atomic mass is 16.6. The second-order valence-corrected chi connectivity index (χ2v) is 12.6. The number of aliphatic hydroxyl groups is 3. The lowest BCUT2D eigenvalue weighted by atomic mass is 9.56. The van der Waals surface area contributed by atoms with E-state index in [1.807, 2.05) is 0 Å². The van der Waals surface area contributed by atoms with Crippen LogP contribution in [-0.2, 0) is 35.7 Å². The predicted octanol–water partition coefficient (Wildman–Crippen LogP) is -0.250. The number of benzene rings is 2. The first-order valence-corrected chi connectivity index (χ1v) is 15.4. The van der Waals surface area contributed by atoms with Crippen molar-refractivity contribution in [2.45, 2.75) is 68.2 Å². The number of carbonyl (C=O) groups excluding carboxylic acids is 5. The van der Waals surface area contributed by atoms with Crippen LogP contribution in [0.5, 0.6) is 11.5 Å². The van der Waals surface area contributed by atoms with Crippen LogP contribution in [0.4, 0.5) is 0 Å². The normalized spacial score (nSPS) is 31.7. The number of aromatic hydroxyl groups is 2. The zero-order valence-corrected chi connectivity index (χ0v) is 27.7. The molecule has 0 bridgehead atoms. The number of rotatable bonds is 6. The first kappa shape index (κ1) is 35.3. The van der Waals surface area contributed by atoms with Crippen LogP contribution in [0.15, 0.2) is 23.9 Å². The first-order chi connectivity index (χ1) is 23.6. The molecular formula is C34H35NO15. The Balaban J connectivity index is 1.51. The molecule has 0 amide bonds. The molecule has 6 rings (SSSR count). The summed E-state index contributed by atoms with van der Waals surface area (Å²) in [5, 5.41) is 60.3. The molecule has 1 aliphatic heterocycles. The fourth-order valence-electron chi connectivity index (χ4n) is 7.85. The molecule has 266 valence electrons. The average molecular weight is 698 g/mol. The molecule has 2 aromatic carbocycles. The van der Waals surface area contributed by atoms with Gasteiger partial charge < -0.3 is 54.5 Å². The lowest BCUT2D eigenvalue weighted by Crippen LogP contribution is -2.73. The molecule has 1 heterocycles. The molecule has 0 saturated carbocycles. The summed E-state index contributed by atoms with van der Waals surface area (Å²) < 4.78 is 26.8. The van der Waals surface area contributed by atoms with E-state index in [2.05, 4.69) is 5.32 Å². The minimum Gasteiger partial charge on any atom is -0.507 e. The van der Waals surface area contributed by atoms with E-state index >= 15 is 0 Å². The standard InChI is InChI=1S/C34H35NO15/c1-11-7-13-8-18(37)34(49-6)30(43)21-15(29(42)33(34,45)22(13)25(40)19(11)32(44)48-5)9-14-20(24(21)39)17(36)10-16(23(14)38)35-31-28(47-4)26(41)27(46-3)12(2)50-31/h7,9-10,12,18,26-28,31,35,37,39-41,45H,8H2,1-6H3/t12-,18?,26+,27?,28+,31-,33+,34-/m0/s1. The molecule has 8 atom stereocenters. The van der Waals surface area contributed by atoms with Crippen LogP contribution in [0, 0.1) is 6.92 Å². The van der Waals surface area contributed by atoms with Gasteiger partial charge in [0.15, 0.2) is 23.2 Å². The van der Waals surface area contributed by atoms with Crippen LogP contribution in [-0.4, -0.2) is 125 Å². The van der Waals surface area contributed by atoms with Gasteiger partial charge in [-0.2, -0.15) is 0 Å². The Labute approximate surface area is 284 Å². The van der Waals surface area contributed by atoms with Crippen molar-refractivity contribution in [3.05, 3.63) is 68.4 Å². The van der Waals surface area contributed by atoms with Crippen molar-refractivity contribution in [2.24, 2.45) is 0 Å². The molecule has 4 aliphatic rings. The Morgan fingerprint density at radius 2 is 1.60 bits per heavy atom. The second-order valence-electron chi connectivity index (χ2n) is 12.6. The SMILES string of the molecule is COC(=O)c1c(C)cc2c(c1O)[C@@]1(O)C(=O)c3cc4c(c(O)c3C(=O)[C@@]1(OC)C(O)C2)C(=O)C=C(N[C@H]1O[C@@H](C)C(OC)[C@@H](O)[C@H]1OC)C4=O. The number of phenolic OH excluding ortho intramolecular Hbond substituents is 2. The van der Waals surface area contributed by atoms with Gasteiger partial charge in [-0.3, -0.25) is 19.2 Å². The van der Waals surface area contributed by atoms with Crippen LogP contribution in [0.2, 0.25) is 0 Å². The van der Waals surface area contributed by atoms with Crippen LogP contribution in [0.1, 0.15) is 75.4 Å². The summed E-state index contributed by atoms with van der Waals surface area (Å²) in [6, 6.07) is 2.18. The van der Waals surface area contributed by atoms with E-state index in [9.17, 15) is 49.5 Å². The van der Waals surface area contributed by atoms with E-state index in [0.717, 1.165) is 26.4 Å². The van der Waals surface area contributed by atoms with Gasteiger partial charge in [0.05, 0.1) is 36.1 Å². The molecule has 16 heteroatoms. The topological polar surface area (TPSA) is 245 Å². The number of esters is 1. The Hall–Kier alpha value is -4.55. The van der Waals surface area contributed by atoms with E-state index in [1.165, 1.54) is 27.2 Å². The van der Waals surface area contributed by atoms with Crippen LogP contribution in [0.3, 0.4) is 0 Å². The third-order valence-corrected chi connectivity index (χ3v) is 10.2. The molecule has 50 heavy (non-hydrogen) atoms. The first-order valence-electron chi connectivity index (χ1n) is 15.4. The number of ketones is 4. The number of hydrogen-bond donors (Lipinski definition) is 6. The lowest BCUT2D eigenvalue weighted by Gasteiger charge is -2.52. The van der Waals surface area contributed by atoms with Crippen molar-refractivity contribution < 1.29 is 73.2 Å². The monoisotopic (exact) mass is 697 g/mol. The van der Waals surface area contributed by atoms with E-state index in [0.29, 0.717) is 0 Å². The number of aryl methyl sites for hydroxylation is 1. The van der Waals surface area contributed by atoms with Crippen LogP contribution < -0.4 is 5.32 Å². The maximum Gasteiger partial charge on any atom is 0.341 e. The minimum atomic E-state index is -3.23. The van der Waals surface area contributed by atoms with Gasteiger partial charge in [0.1, 0.15) is 35.4 Å². The summed E-state index contributed by atoms with van der Waals surface area (Å²) in [5.74, 6) is -7.67. The second kappa shape index (κ2) is 12.1. The van der Waals surface area contributed by atoms with Gasteiger partial charge in [-0.25, -0.2) is 4.79 Å². The van der Waals surface area contributed by atoms with Gasteiger partial charge in [0.25, 0.3) is 0 Å². The molecule has 2 unspecified atom stereocenters. The third-order valence-electron chi connectivity index (χ3n) is 10.2. The molecular weight excluding hydrogens is 662 g/mol. The number of methoxy groups -OCH3 is 4. The number of aliphatic hydroxyl groups excluding tert-OH is 2. The van der Waals surface area contributed by atoms with Gasteiger partial charge in [-0.1, -0.05) is 6.07 Å². The molecule has 1 saturated heterocycles. The number of fused-ring (bicyclic) bond motifs is 5. The molecule has 2 aromatic rings. The summed E-state index contributed by atoms with van der Waals surface area (Å²) >= 11 is 0. The number of phenols is 2. The average Bonchev–Trinajstić information content (AvgIpc) is 3.05. The van der Waals surface area contributed by atoms with Gasteiger partial charge in [0, 0.05) is 50.5 Å². The van der Waals surface area contributed by atoms with E-state index in [1.54, 1.807) is 6.92 Å². The van der Waals surface area contributed by atoms with Gasteiger partial charge in [0.2, 0.25) is 17.3 Å². The molecule has 3 aliphatic carbocycles. The summed E-state index contributed by atoms with van der Waals surface area (Å²) in [4.78, 5) is 69.1. The van der Waals surface area contributed by atoms with Crippen molar-refractivity contribution in [1.29, 1.82) is 0 Å². The predicted molar refractivity (Wildman–Crippen MR) is 166 cm³/mol. The number of hydrogen-bond acceptors (Lipinski definition) is 16. The Morgan fingerprint density at radius 3 is 2.20 bits per heavy atom. The number of Topliss-reactive ketones (excluding diaryl/α,β-unsaturated/α-hetero) is 3. The Morgan fingerprint density at radius 1 is 0.940 bits per heavy atom. The van der Waals surface area contributed by atoms with Crippen molar-refractivity contribution >= 4 is 29.1 Å². The molecule has 0 aromatic heterocycles. The number of nitrogens with one attached hydrogen (secondary N) is 1. The number of allylic oxidation sites excluding steroid dienone is 2. The van der Waals surface area contributed by atoms with E-state index in [4.69, 9.17) is 23.7 Å². The maximum absolute atomic E-state index is 14.6. The highest BCUT2D eigenvalue weighted by Crippen LogP contribution is 2.56. The Bertz CT molecular complexity index is 1920. The highest BCUT2D eigenvalue weighted by Gasteiger charge is 2.72. The minimum absolute atomic E-state index is 0.00455. The van der Waals surface area contributed by atoms with Crippen molar-refractivity contribution in [3.8, 4) is 11.5 Å². The number of ether oxygens (including phenoxy) is 5. The maximum atomic E-state index is 14.6. The molecule has 0 spiro atoms. The summed E-state index contributed by atoms with van der Waals surface area (Å²) in [7, 11) is 4.62. The van der Waals surface area contributed by atoms with E-state index in [-0.39, 0.29) is 16.8 Å². The lowest BCUT2D eigenvalue weighted by molar-refractivity contribution is -0.236. The summed E-state index contributed by atoms with van der Waals surface area (Å²) in [5.41, 5.74) is -10.1. The highest BCUT2D eigenvalue weighted by molar-refractivity contribution is 6.31.